The third kappa shape index (κ3) is 5.62. The quantitative estimate of drug-likeness (QED) is 0.407. The molecule has 1 aromatic heterocycles. The summed E-state index contributed by atoms with van der Waals surface area (Å²) in [6, 6.07) is 28.3. The van der Waals surface area contributed by atoms with E-state index in [9.17, 15) is 14.9 Å². The van der Waals surface area contributed by atoms with Crippen LogP contribution in [0.1, 0.15) is 18.1 Å². The molecule has 1 N–H and O–H groups in total. The van der Waals surface area contributed by atoms with Crippen LogP contribution in [0.15, 0.2) is 89.7 Å². The number of para-hydroxylation sites is 2. The van der Waals surface area contributed by atoms with Gasteiger partial charge in [0.05, 0.1) is 16.8 Å². The van der Waals surface area contributed by atoms with Crippen LogP contribution in [0.5, 0.6) is 5.75 Å². The van der Waals surface area contributed by atoms with Gasteiger partial charge in [-0.05, 0) is 43.2 Å². The number of nitrogens with zero attached hydrogens (tertiary/aromatic N) is 2. The summed E-state index contributed by atoms with van der Waals surface area (Å²) in [6.07, 6.45) is 2.37. The number of benzene rings is 3. The molecule has 0 radical (unpaired) electrons. The first kappa shape index (κ1) is 24.7. The van der Waals surface area contributed by atoms with Gasteiger partial charge in [0, 0.05) is 12.1 Å². The van der Waals surface area contributed by atoms with Crippen molar-refractivity contribution in [1.82, 2.24) is 9.88 Å². The molecule has 1 amide bonds. The van der Waals surface area contributed by atoms with Crippen LogP contribution >= 0.6 is 11.3 Å². The Kier molecular flexibility index (Phi) is 8.12. The standard InChI is InChI=1S/C29H25N3O3S/c1-2-35-25-16-10-9-13-22(25)19-26-28(34)32(23-14-7-4-8-15-23)29(36-26)24(20-30)27(33)31-18-17-21-11-5-3-6-12-21/h3-16,19H,2,17-18H2,1H3,(H,31,33)/b26-19+,29-24-. The van der Waals surface area contributed by atoms with E-state index in [1.807, 2.05) is 85.8 Å². The average molecular weight is 496 g/mol. The molecular formula is C29H25N3O3S. The van der Waals surface area contributed by atoms with E-state index in [1.54, 1.807) is 18.2 Å². The summed E-state index contributed by atoms with van der Waals surface area (Å²) in [6.45, 7) is 2.76. The number of amides is 1. The van der Waals surface area contributed by atoms with Crippen molar-refractivity contribution < 1.29 is 9.53 Å². The fraction of sp³-hybridized carbons (Fsp3) is 0.138. The number of ether oxygens (including phenoxy) is 1. The molecule has 6 nitrogen and oxygen atoms in total. The highest BCUT2D eigenvalue weighted by atomic mass is 32.1. The lowest BCUT2D eigenvalue weighted by Crippen LogP contribution is -2.34. The first-order chi connectivity index (χ1) is 17.6. The molecule has 4 rings (SSSR count). The number of aromatic nitrogens is 1. The molecular weight excluding hydrogens is 470 g/mol. The minimum atomic E-state index is -0.513. The molecule has 36 heavy (non-hydrogen) atoms. The second kappa shape index (κ2) is 11.8. The number of nitriles is 1. The zero-order valence-corrected chi connectivity index (χ0v) is 20.6. The van der Waals surface area contributed by atoms with Gasteiger partial charge in [0.25, 0.3) is 11.5 Å². The second-order valence-corrected chi connectivity index (χ2v) is 8.87. The maximum absolute atomic E-state index is 13.6. The minimum absolute atomic E-state index is 0.105. The molecule has 0 atom stereocenters. The Morgan fingerprint density at radius 3 is 2.39 bits per heavy atom. The molecule has 4 aromatic rings. The van der Waals surface area contributed by atoms with Crippen LogP contribution in [-0.4, -0.2) is 23.6 Å². The summed E-state index contributed by atoms with van der Waals surface area (Å²) in [5.41, 5.74) is 1.99. The van der Waals surface area contributed by atoms with E-state index in [2.05, 4.69) is 5.32 Å². The molecule has 0 unspecified atom stereocenters. The van der Waals surface area contributed by atoms with E-state index in [0.717, 1.165) is 22.5 Å². The van der Waals surface area contributed by atoms with Gasteiger partial charge in [-0.15, -0.1) is 11.3 Å². The number of carbonyl (C=O) groups is 1. The van der Waals surface area contributed by atoms with Crippen LogP contribution in [0.2, 0.25) is 0 Å². The van der Waals surface area contributed by atoms with E-state index in [-0.39, 0.29) is 15.8 Å². The molecule has 0 bridgehead atoms. The topological polar surface area (TPSA) is 84.1 Å². The highest BCUT2D eigenvalue weighted by Crippen LogP contribution is 2.18. The van der Waals surface area contributed by atoms with Crippen molar-refractivity contribution in [2.75, 3.05) is 13.2 Å². The van der Waals surface area contributed by atoms with Crippen LogP contribution in [-0.2, 0) is 11.2 Å². The molecule has 1 heterocycles. The number of carbonyl (C=O) groups excluding carboxylic acids is 1. The Labute approximate surface area is 213 Å². The molecule has 0 saturated carbocycles. The van der Waals surface area contributed by atoms with Crippen LogP contribution in [0.3, 0.4) is 0 Å². The van der Waals surface area contributed by atoms with Gasteiger partial charge in [-0.1, -0.05) is 66.7 Å². The third-order valence-corrected chi connectivity index (χ3v) is 6.53. The summed E-state index contributed by atoms with van der Waals surface area (Å²) in [7, 11) is 0. The summed E-state index contributed by atoms with van der Waals surface area (Å²) < 4.78 is 7.80. The van der Waals surface area contributed by atoms with Gasteiger partial charge >= 0.3 is 0 Å². The number of rotatable bonds is 8. The lowest BCUT2D eigenvalue weighted by atomic mass is 10.1. The maximum Gasteiger partial charge on any atom is 0.273 e. The van der Waals surface area contributed by atoms with E-state index in [0.29, 0.717) is 35.5 Å². The van der Waals surface area contributed by atoms with E-state index < -0.39 is 5.91 Å². The Morgan fingerprint density at radius 1 is 1.03 bits per heavy atom. The predicted molar refractivity (Wildman–Crippen MR) is 143 cm³/mol. The van der Waals surface area contributed by atoms with Crippen molar-refractivity contribution >= 4 is 28.9 Å². The molecule has 3 aromatic carbocycles. The number of nitrogens with one attached hydrogen (secondary N) is 1. The summed E-state index contributed by atoms with van der Waals surface area (Å²) >= 11 is 1.11. The minimum Gasteiger partial charge on any atom is -0.493 e. The van der Waals surface area contributed by atoms with Crippen molar-refractivity contribution in [2.24, 2.45) is 0 Å². The molecule has 180 valence electrons. The maximum atomic E-state index is 13.6. The fourth-order valence-electron chi connectivity index (χ4n) is 3.74. The van der Waals surface area contributed by atoms with Crippen LogP contribution in [0, 0.1) is 11.3 Å². The van der Waals surface area contributed by atoms with Gasteiger partial charge in [-0.3, -0.25) is 14.2 Å². The lowest BCUT2D eigenvalue weighted by molar-refractivity contribution is -0.115. The van der Waals surface area contributed by atoms with Crippen molar-refractivity contribution in [3.8, 4) is 17.5 Å². The van der Waals surface area contributed by atoms with Crippen LogP contribution in [0.25, 0.3) is 17.3 Å². The Morgan fingerprint density at radius 2 is 1.69 bits per heavy atom. The molecule has 0 fully saturated rings. The largest absolute Gasteiger partial charge is 0.493 e. The SMILES string of the molecule is CCOc1ccccc1/C=c1/s/c(=C(/C#N)C(=O)NCCc2ccccc2)n(-c2ccccc2)c1=O. The predicted octanol–water partition coefficient (Wildman–Crippen LogP) is 3.16. The van der Waals surface area contributed by atoms with Gasteiger partial charge in [0.1, 0.15) is 16.5 Å². The second-order valence-electron chi connectivity index (χ2n) is 7.84. The number of hydrogen-bond donors (Lipinski definition) is 1. The summed E-state index contributed by atoms with van der Waals surface area (Å²) in [5.74, 6) is 0.143. The zero-order valence-electron chi connectivity index (χ0n) is 19.8. The first-order valence-corrected chi connectivity index (χ1v) is 12.4. The highest BCUT2D eigenvalue weighted by molar-refractivity contribution is 7.07. The fourth-order valence-corrected chi connectivity index (χ4v) is 4.83. The van der Waals surface area contributed by atoms with E-state index in [1.165, 1.54) is 4.57 Å². The van der Waals surface area contributed by atoms with Crippen molar-refractivity contribution in [3.05, 3.63) is 116 Å². The monoisotopic (exact) mass is 495 g/mol. The highest BCUT2D eigenvalue weighted by Gasteiger charge is 2.17. The molecule has 0 spiro atoms. The Hall–Kier alpha value is -4.41. The van der Waals surface area contributed by atoms with Crippen LogP contribution in [0.4, 0.5) is 0 Å². The zero-order chi connectivity index (χ0) is 25.3. The van der Waals surface area contributed by atoms with Crippen molar-refractivity contribution in [3.63, 3.8) is 0 Å². The molecule has 0 saturated heterocycles. The van der Waals surface area contributed by atoms with Gasteiger partial charge in [-0.2, -0.15) is 5.26 Å². The smallest absolute Gasteiger partial charge is 0.273 e. The van der Waals surface area contributed by atoms with Gasteiger partial charge in [0.2, 0.25) is 0 Å². The van der Waals surface area contributed by atoms with Crippen molar-refractivity contribution in [2.45, 2.75) is 13.3 Å². The molecule has 0 aliphatic heterocycles. The lowest BCUT2D eigenvalue weighted by Gasteiger charge is -2.06. The first-order valence-electron chi connectivity index (χ1n) is 11.6. The van der Waals surface area contributed by atoms with Crippen LogP contribution < -0.4 is 24.8 Å². The van der Waals surface area contributed by atoms with E-state index >= 15 is 0 Å². The molecule has 7 heteroatoms. The summed E-state index contributed by atoms with van der Waals surface area (Å²) in [5, 5.41) is 12.8. The van der Waals surface area contributed by atoms with E-state index in [4.69, 9.17) is 4.74 Å². The van der Waals surface area contributed by atoms with Gasteiger partial charge < -0.3 is 10.1 Å². The van der Waals surface area contributed by atoms with Gasteiger partial charge in [-0.25, -0.2) is 0 Å². The summed E-state index contributed by atoms with van der Waals surface area (Å²) in [4.78, 5) is 26.6. The molecule has 0 aliphatic carbocycles. The Bertz CT molecular complexity index is 1570. The van der Waals surface area contributed by atoms with Crippen molar-refractivity contribution in [1.29, 1.82) is 5.26 Å². The number of hydrogen-bond acceptors (Lipinski definition) is 5. The third-order valence-electron chi connectivity index (χ3n) is 5.44. The number of thiazole rings is 1. The normalized spacial score (nSPS) is 12.1. The Balaban J connectivity index is 1.82. The van der Waals surface area contributed by atoms with Gasteiger partial charge in [0.15, 0.2) is 5.57 Å². The molecule has 0 aliphatic rings. The average Bonchev–Trinajstić information content (AvgIpc) is 3.22.